The van der Waals surface area contributed by atoms with E-state index in [9.17, 15) is 5.41 Å². The Bertz CT molecular complexity index is 2250. The van der Waals surface area contributed by atoms with Crippen LogP contribution in [0.25, 0.3) is 11.1 Å². The number of anilines is 1. The van der Waals surface area contributed by atoms with Crippen molar-refractivity contribution in [3.05, 3.63) is 173 Å². The zero-order chi connectivity index (χ0) is 39.0. The lowest BCUT2D eigenvalue weighted by molar-refractivity contribution is 0.0745. The first-order chi connectivity index (χ1) is 28.6. The number of ether oxygens (including phenoxy) is 1. The molecule has 1 saturated carbocycles. The van der Waals surface area contributed by atoms with Gasteiger partial charge in [0.15, 0.2) is 0 Å². The molecule has 6 aliphatic carbocycles. The van der Waals surface area contributed by atoms with E-state index in [4.69, 9.17) is 10.5 Å². The van der Waals surface area contributed by atoms with Crippen molar-refractivity contribution in [3.8, 4) is 11.1 Å². The van der Waals surface area contributed by atoms with Gasteiger partial charge in [0, 0.05) is 47.4 Å². The van der Waals surface area contributed by atoms with Crippen LogP contribution in [-0.2, 0) is 11.2 Å². The third-order valence-corrected chi connectivity index (χ3v) is 14.6. The lowest BCUT2D eigenvalue weighted by atomic mass is 9.69. The van der Waals surface area contributed by atoms with E-state index in [0.29, 0.717) is 35.4 Å². The number of benzene rings is 2. The van der Waals surface area contributed by atoms with Gasteiger partial charge in [0.05, 0.1) is 17.4 Å². The van der Waals surface area contributed by atoms with E-state index >= 15 is 0 Å². The average Bonchev–Trinajstić information content (AvgIpc) is 4.01. The van der Waals surface area contributed by atoms with Gasteiger partial charge in [-0.25, -0.2) is 0 Å². The Balaban J connectivity index is 1.05. The molecule has 296 valence electrons. The molecule has 0 bridgehead atoms. The Kier molecular flexibility index (Phi) is 10.5. The van der Waals surface area contributed by atoms with Gasteiger partial charge < -0.3 is 20.8 Å². The van der Waals surface area contributed by atoms with Gasteiger partial charge >= 0.3 is 0 Å². The van der Waals surface area contributed by atoms with Crippen LogP contribution >= 0.6 is 0 Å². The van der Waals surface area contributed by atoms with Gasteiger partial charge in [0.2, 0.25) is 0 Å². The fraction of sp³-hybridized carbons (Fsp3) is 0.389. The third-order valence-electron chi connectivity index (χ3n) is 14.6. The summed E-state index contributed by atoms with van der Waals surface area (Å²) in [7, 11) is 0. The first-order valence-corrected chi connectivity index (χ1v) is 22.4. The molecule has 2 aliphatic heterocycles. The van der Waals surface area contributed by atoms with E-state index in [1.54, 1.807) is 0 Å². The van der Waals surface area contributed by atoms with Crippen LogP contribution in [0.4, 0.5) is 5.69 Å². The fourth-order valence-electron chi connectivity index (χ4n) is 11.7. The molecule has 1 saturated heterocycles. The van der Waals surface area contributed by atoms with E-state index < -0.39 is 6.04 Å². The first kappa shape index (κ1) is 37.3. The molecule has 10 rings (SSSR count). The van der Waals surface area contributed by atoms with Crippen LogP contribution in [0.15, 0.2) is 162 Å². The van der Waals surface area contributed by atoms with E-state index in [2.05, 4.69) is 139 Å². The molecular formula is C54H59N3O. The molecule has 58 heavy (non-hydrogen) atoms. The Morgan fingerprint density at radius 2 is 1.81 bits per heavy atom. The molecule has 0 aromatic heterocycles. The maximum atomic E-state index is 10.3. The number of hydrogen-bond acceptors (Lipinski definition) is 4. The summed E-state index contributed by atoms with van der Waals surface area (Å²) in [6.07, 6.45) is 48.5. The van der Waals surface area contributed by atoms with Gasteiger partial charge in [-0.3, -0.25) is 0 Å². The number of rotatable bonds is 11. The highest BCUT2D eigenvalue weighted by Gasteiger charge is 2.53. The predicted molar refractivity (Wildman–Crippen MR) is 240 cm³/mol. The zero-order valence-corrected chi connectivity index (χ0v) is 33.9. The molecule has 2 heterocycles. The zero-order valence-electron chi connectivity index (χ0n) is 33.9. The van der Waals surface area contributed by atoms with Gasteiger partial charge in [-0.15, -0.1) is 0 Å². The maximum Gasteiger partial charge on any atom is 0.104 e. The lowest BCUT2D eigenvalue weighted by Crippen LogP contribution is -2.45. The molecule has 4 heteroatoms. The topological polar surface area (TPSA) is 62.3 Å². The summed E-state index contributed by atoms with van der Waals surface area (Å²) in [4.78, 5) is 2.69. The number of fused-ring (bicyclic) bond motifs is 5. The summed E-state index contributed by atoms with van der Waals surface area (Å²) >= 11 is 0. The normalized spacial score (nSPS) is 29.1. The number of nitrogens with zero attached hydrogens (tertiary/aromatic N) is 1. The highest BCUT2D eigenvalue weighted by atomic mass is 16.5. The minimum atomic E-state index is -0.446. The third kappa shape index (κ3) is 7.12. The number of allylic oxidation sites excluding steroid dienone is 18. The van der Waals surface area contributed by atoms with Gasteiger partial charge in [-0.1, -0.05) is 127 Å². The standard InChI is InChI=1S/C54H59N3O/c55-53(42(38-21-5-2-6-22-38)27-15-20-36-16-3-1-4-17-36)54(56)47-33-40(41-24-10-9-23-39(41)32-37-18-7-8-19-37)30-31-49(47)57-48-28-13-11-25-43(48)45-34-46-44-26-12-14-29-51(44)58-52(46)35-50(45)57/h2-3,5,7-12,14-16,18,20-21,23-25,29-31,33,36,42,44-46,50,52-53,56H,1,4,6,13,17,19,22,26-28,32,34-35,55H2/b20-15+,56-54?/t36?,42?,44?,45?,46?,50?,52?,53-/m1/s1. The molecule has 3 N–H and O–H groups in total. The molecule has 2 aromatic carbocycles. The summed E-state index contributed by atoms with van der Waals surface area (Å²) in [5.41, 5.74) is 19.7. The van der Waals surface area contributed by atoms with Crippen molar-refractivity contribution in [2.75, 3.05) is 4.90 Å². The molecule has 8 atom stereocenters. The second-order valence-electron chi connectivity index (χ2n) is 18.0. The molecule has 7 unspecified atom stereocenters. The molecule has 0 spiro atoms. The van der Waals surface area contributed by atoms with Crippen molar-refractivity contribution in [3.63, 3.8) is 0 Å². The average molecular weight is 766 g/mol. The predicted octanol–water partition coefficient (Wildman–Crippen LogP) is 12.4. The monoisotopic (exact) mass is 765 g/mol. The molecule has 0 radical (unpaired) electrons. The second kappa shape index (κ2) is 16.4. The van der Waals surface area contributed by atoms with Crippen molar-refractivity contribution in [2.45, 2.75) is 102 Å². The van der Waals surface area contributed by atoms with Gasteiger partial charge in [-0.05, 0) is 123 Å². The largest absolute Gasteiger partial charge is 0.494 e. The highest BCUT2D eigenvalue weighted by molar-refractivity contribution is 6.08. The smallest absolute Gasteiger partial charge is 0.104 e. The van der Waals surface area contributed by atoms with Crippen LogP contribution in [0.2, 0.25) is 0 Å². The summed E-state index contributed by atoms with van der Waals surface area (Å²) in [5, 5.41) is 10.3. The Morgan fingerprint density at radius 1 is 0.914 bits per heavy atom. The lowest BCUT2D eigenvalue weighted by Gasteiger charge is -2.41. The Hall–Kier alpha value is -4.93. The first-order valence-electron chi connectivity index (χ1n) is 22.4. The maximum absolute atomic E-state index is 10.3. The van der Waals surface area contributed by atoms with Crippen molar-refractivity contribution in [1.82, 2.24) is 0 Å². The van der Waals surface area contributed by atoms with Crippen LogP contribution in [0.5, 0.6) is 0 Å². The van der Waals surface area contributed by atoms with Crippen molar-refractivity contribution in [2.24, 2.45) is 35.3 Å². The van der Waals surface area contributed by atoms with E-state index in [1.807, 2.05) is 0 Å². The van der Waals surface area contributed by atoms with E-state index in [1.165, 1.54) is 58.6 Å². The van der Waals surface area contributed by atoms with Gasteiger partial charge in [-0.2, -0.15) is 0 Å². The Labute approximate surface area is 346 Å². The van der Waals surface area contributed by atoms with Crippen LogP contribution in [0.3, 0.4) is 0 Å². The molecule has 2 aromatic rings. The minimum Gasteiger partial charge on any atom is -0.494 e. The van der Waals surface area contributed by atoms with Crippen LogP contribution in [-0.4, -0.2) is 23.9 Å². The quantitative estimate of drug-likeness (QED) is 0.177. The fourth-order valence-corrected chi connectivity index (χ4v) is 11.7. The Morgan fingerprint density at radius 3 is 2.67 bits per heavy atom. The summed E-state index contributed by atoms with van der Waals surface area (Å²) in [5.74, 6) is 3.25. The van der Waals surface area contributed by atoms with Gasteiger partial charge in [0.25, 0.3) is 0 Å². The molecule has 8 aliphatic rings. The molecule has 0 amide bonds. The summed E-state index contributed by atoms with van der Waals surface area (Å²) < 4.78 is 6.81. The minimum absolute atomic E-state index is 0.0538. The summed E-state index contributed by atoms with van der Waals surface area (Å²) in [6.45, 7) is 0. The number of nitrogens with one attached hydrogen (secondary N) is 1. The summed E-state index contributed by atoms with van der Waals surface area (Å²) in [6, 6.07) is 15.7. The van der Waals surface area contributed by atoms with Crippen LogP contribution in [0, 0.1) is 35.0 Å². The van der Waals surface area contributed by atoms with Gasteiger partial charge in [0.1, 0.15) is 11.9 Å². The molecular weight excluding hydrogens is 707 g/mol. The second-order valence-corrected chi connectivity index (χ2v) is 18.0. The highest BCUT2D eigenvalue weighted by Crippen LogP contribution is 2.56. The van der Waals surface area contributed by atoms with Crippen molar-refractivity contribution < 1.29 is 4.74 Å². The number of hydrogen-bond donors (Lipinski definition) is 2. The van der Waals surface area contributed by atoms with Crippen LogP contribution in [0.1, 0.15) is 88.2 Å². The van der Waals surface area contributed by atoms with E-state index in [0.717, 1.165) is 81.0 Å². The molecule has 4 nitrogen and oxygen atoms in total. The van der Waals surface area contributed by atoms with Crippen molar-refractivity contribution >= 4 is 11.4 Å². The SMILES string of the molecule is N=C(c1cc(-c2ccccc2CC2=CC=CC2)ccc1N1C2=C(C=CCC2)C2CC3C(CC21)OC1=CC=CCC13)[C@H](N)C(C/C=C/C1C=CCCC1)C1=CC=CCC1. The van der Waals surface area contributed by atoms with E-state index in [-0.39, 0.29) is 12.0 Å². The van der Waals surface area contributed by atoms with Crippen molar-refractivity contribution in [1.29, 1.82) is 5.41 Å². The molecule has 2 fully saturated rings. The van der Waals surface area contributed by atoms with Crippen LogP contribution < -0.4 is 10.6 Å². The number of nitrogens with two attached hydrogens (primary N) is 1.